The Hall–Kier alpha value is -2.48. The molecule has 0 radical (unpaired) electrons. The van der Waals surface area contributed by atoms with Gasteiger partial charge in [0.2, 0.25) is 0 Å². The topological polar surface area (TPSA) is 101 Å². The Labute approximate surface area is 134 Å². The lowest BCUT2D eigenvalue weighted by Gasteiger charge is -2.09. The molecule has 0 amide bonds. The van der Waals surface area contributed by atoms with Crippen molar-refractivity contribution in [2.75, 3.05) is 4.72 Å². The molecule has 2 N–H and O–H groups in total. The first-order chi connectivity index (χ1) is 10.9. The van der Waals surface area contributed by atoms with Gasteiger partial charge in [0.1, 0.15) is 10.7 Å². The van der Waals surface area contributed by atoms with Crippen LogP contribution >= 0.6 is 0 Å². The van der Waals surface area contributed by atoms with E-state index in [-0.39, 0.29) is 16.8 Å². The molecule has 7 nitrogen and oxygen atoms in total. The number of benzene rings is 1. The molecule has 0 aliphatic rings. The van der Waals surface area contributed by atoms with Gasteiger partial charge in [0.15, 0.2) is 0 Å². The Morgan fingerprint density at radius 3 is 2.74 bits per heavy atom. The van der Waals surface area contributed by atoms with E-state index in [0.29, 0.717) is 11.3 Å². The number of hydrogen-bond donors (Lipinski definition) is 2. The molecule has 0 saturated carbocycles. The van der Waals surface area contributed by atoms with Crippen LogP contribution in [0.15, 0.2) is 35.4 Å². The van der Waals surface area contributed by atoms with E-state index in [1.165, 1.54) is 0 Å². The second-order valence-corrected chi connectivity index (χ2v) is 7.29. The Morgan fingerprint density at radius 1 is 1.26 bits per heavy atom. The summed E-state index contributed by atoms with van der Waals surface area (Å²) in [6.45, 7) is 5.72. The third-order valence-electron chi connectivity index (χ3n) is 3.38. The zero-order valence-corrected chi connectivity index (χ0v) is 13.8. The number of nitrogens with zero attached hydrogens (tertiary/aromatic N) is 3. The van der Waals surface area contributed by atoms with Crippen LogP contribution < -0.4 is 4.72 Å². The van der Waals surface area contributed by atoms with E-state index in [4.69, 9.17) is 0 Å². The smallest absolute Gasteiger partial charge is 0.261 e. The average molecular weight is 331 g/mol. The molecule has 2 aromatic heterocycles. The first kappa shape index (κ1) is 15.4. The summed E-state index contributed by atoms with van der Waals surface area (Å²) in [6, 6.07) is 7.09. The minimum Gasteiger partial charge on any atom is -0.261 e. The molecule has 0 bridgehead atoms. The maximum Gasteiger partial charge on any atom is 0.266 e. The first-order valence-electron chi connectivity index (χ1n) is 7.17. The summed E-state index contributed by atoms with van der Waals surface area (Å²) in [5, 5.41) is 7.40. The monoisotopic (exact) mass is 331 g/mol. The summed E-state index contributed by atoms with van der Waals surface area (Å²) in [7, 11) is -3.83. The van der Waals surface area contributed by atoms with Crippen LogP contribution in [0.2, 0.25) is 0 Å². The predicted octanol–water partition coefficient (Wildman–Crippen LogP) is 2.59. The lowest BCUT2D eigenvalue weighted by molar-refractivity contribution is 0.601. The highest BCUT2D eigenvalue weighted by molar-refractivity contribution is 7.93. The second kappa shape index (κ2) is 5.62. The number of aromatic amines is 1. The number of fused-ring (bicyclic) bond motifs is 1. The van der Waals surface area contributed by atoms with Crippen LogP contribution in [0.25, 0.3) is 10.9 Å². The lowest BCUT2D eigenvalue weighted by Crippen LogP contribution is -2.15. The number of pyridine rings is 1. The molecular weight excluding hydrogens is 314 g/mol. The van der Waals surface area contributed by atoms with E-state index in [0.717, 1.165) is 10.9 Å². The van der Waals surface area contributed by atoms with E-state index in [1.807, 2.05) is 32.9 Å². The molecule has 0 fully saturated rings. The summed E-state index contributed by atoms with van der Waals surface area (Å²) < 4.78 is 27.8. The van der Waals surface area contributed by atoms with Gasteiger partial charge in [-0.15, -0.1) is 5.10 Å². The van der Waals surface area contributed by atoms with Crippen LogP contribution in [0.1, 0.15) is 31.2 Å². The quantitative estimate of drug-likeness (QED) is 0.765. The van der Waals surface area contributed by atoms with E-state index in [1.54, 1.807) is 18.3 Å². The van der Waals surface area contributed by atoms with Crippen LogP contribution in [0.3, 0.4) is 0 Å². The maximum absolute atomic E-state index is 12.7. The molecular formula is C15H17N5O2S. The van der Waals surface area contributed by atoms with Crippen LogP contribution in [0.5, 0.6) is 0 Å². The van der Waals surface area contributed by atoms with Crippen molar-refractivity contribution in [3.63, 3.8) is 0 Å². The van der Waals surface area contributed by atoms with Crippen molar-refractivity contribution in [2.24, 2.45) is 0 Å². The molecule has 0 spiro atoms. The first-order valence-corrected chi connectivity index (χ1v) is 8.65. The standard InChI is InChI=1S/C15H17N5O2S/c1-9(2)14-17-15(19-18-14)20-23(21,22)12-8-10(3)7-11-5-4-6-16-13(11)12/h4-9H,1-3H3,(H2,17,18,19,20). The fourth-order valence-electron chi connectivity index (χ4n) is 2.26. The van der Waals surface area contributed by atoms with Gasteiger partial charge >= 0.3 is 0 Å². The fourth-order valence-corrected chi connectivity index (χ4v) is 3.47. The van der Waals surface area contributed by atoms with E-state index < -0.39 is 10.0 Å². The van der Waals surface area contributed by atoms with Gasteiger partial charge in [-0.25, -0.2) is 13.1 Å². The second-order valence-electron chi connectivity index (χ2n) is 5.64. The van der Waals surface area contributed by atoms with Gasteiger partial charge in [-0.3, -0.25) is 10.1 Å². The number of sulfonamides is 1. The molecule has 2 heterocycles. The van der Waals surface area contributed by atoms with Gasteiger partial charge in [0.05, 0.1) is 5.52 Å². The minimum absolute atomic E-state index is 0.0271. The summed E-state index contributed by atoms with van der Waals surface area (Å²) in [5.41, 5.74) is 1.26. The van der Waals surface area contributed by atoms with Gasteiger partial charge in [-0.1, -0.05) is 19.9 Å². The summed E-state index contributed by atoms with van der Waals surface area (Å²) in [5.74, 6) is 0.774. The molecule has 0 saturated heterocycles. The molecule has 120 valence electrons. The molecule has 8 heteroatoms. The molecule has 0 aliphatic carbocycles. The van der Waals surface area contributed by atoms with Gasteiger partial charge in [-0.05, 0) is 30.7 Å². The molecule has 0 atom stereocenters. The van der Waals surface area contributed by atoms with Gasteiger partial charge in [0, 0.05) is 17.5 Å². The van der Waals surface area contributed by atoms with Crippen LogP contribution in [-0.2, 0) is 10.0 Å². The molecule has 23 heavy (non-hydrogen) atoms. The third-order valence-corrected chi connectivity index (χ3v) is 4.72. The number of anilines is 1. The molecule has 3 rings (SSSR count). The number of rotatable bonds is 4. The highest BCUT2D eigenvalue weighted by Gasteiger charge is 2.21. The SMILES string of the molecule is Cc1cc(S(=O)(=O)Nc2n[nH]c(C(C)C)n2)c2ncccc2c1. The Balaban J connectivity index is 2.05. The number of hydrogen-bond acceptors (Lipinski definition) is 5. The Bertz CT molecular complexity index is 963. The van der Waals surface area contributed by atoms with Crippen molar-refractivity contribution in [1.29, 1.82) is 0 Å². The molecule has 0 aliphatic heterocycles. The number of nitrogens with one attached hydrogen (secondary N) is 2. The summed E-state index contributed by atoms with van der Waals surface area (Å²) in [6.07, 6.45) is 1.57. The Kier molecular flexibility index (Phi) is 3.77. The highest BCUT2D eigenvalue weighted by Crippen LogP contribution is 2.24. The number of aryl methyl sites for hydroxylation is 1. The van der Waals surface area contributed by atoms with Crippen LogP contribution in [0.4, 0.5) is 5.95 Å². The van der Waals surface area contributed by atoms with Crippen molar-refractivity contribution in [3.8, 4) is 0 Å². The lowest BCUT2D eigenvalue weighted by atomic mass is 10.1. The van der Waals surface area contributed by atoms with Crippen molar-refractivity contribution in [2.45, 2.75) is 31.6 Å². The zero-order chi connectivity index (χ0) is 16.6. The Morgan fingerprint density at radius 2 is 2.04 bits per heavy atom. The molecule has 3 aromatic rings. The van der Waals surface area contributed by atoms with Gasteiger partial charge in [0.25, 0.3) is 16.0 Å². The van der Waals surface area contributed by atoms with Crippen molar-refractivity contribution < 1.29 is 8.42 Å². The normalized spacial score (nSPS) is 12.0. The average Bonchev–Trinajstić information content (AvgIpc) is 2.94. The van der Waals surface area contributed by atoms with Gasteiger partial charge in [-0.2, -0.15) is 4.98 Å². The highest BCUT2D eigenvalue weighted by atomic mass is 32.2. The predicted molar refractivity (Wildman–Crippen MR) is 87.8 cm³/mol. The number of aromatic nitrogens is 4. The maximum atomic E-state index is 12.7. The van der Waals surface area contributed by atoms with Crippen molar-refractivity contribution >= 4 is 26.9 Å². The van der Waals surface area contributed by atoms with Crippen LogP contribution in [-0.4, -0.2) is 28.6 Å². The van der Waals surface area contributed by atoms with E-state index in [9.17, 15) is 8.42 Å². The van der Waals surface area contributed by atoms with E-state index >= 15 is 0 Å². The van der Waals surface area contributed by atoms with Crippen LogP contribution in [0, 0.1) is 6.92 Å². The van der Waals surface area contributed by atoms with Gasteiger partial charge < -0.3 is 0 Å². The summed E-state index contributed by atoms with van der Waals surface area (Å²) in [4.78, 5) is 8.46. The largest absolute Gasteiger partial charge is 0.266 e. The molecule has 1 aromatic carbocycles. The zero-order valence-electron chi connectivity index (χ0n) is 13.0. The van der Waals surface area contributed by atoms with Crippen molar-refractivity contribution in [3.05, 3.63) is 41.9 Å². The van der Waals surface area contributed by atoms with E-state index in [2.05, 4.69) is 24.9 Å². The molecule has 0 unspecified atom stereocenters. The van der Waals surface area contributed by atoms with Crippen molar-refractivity contribution in [1.82, 2.24) is 20.2 Å². The minimum atomic E-state index is -3.83. The summed E-state index contributed by atoms with van der Waals surface area (Å²) >= 11 is 0. The fraction of sp³-hybridized carbons (Fsp3) is 0.267. The third kappa shape index (κ3) is 3.02. The number of H-pyrrole nitrogens is 1.